The van der Waals surface area contributed by atoms with Gasteiger partial charge in [0.15, 0.2) is 0 Å². The summed E-state index contributed by atoms with van der Waals surface area (Å²) in [6.07, 6.45) is 2.61. The van der Waals surface area contributed by atoms with Crippen molar-refractivity contribution in [3.05, 3.63) is 52.9 Å². The van der Waals surface area contributed by atoms with Crippen molar-refractivity contribution in [1.82, 2.24) is 15.1 Å². The maximum absolute atomic E-state index is 14.0. The lowest BCUT2D eigenvalue weighted by Gasteiger charge is -2.19. The first-order valence-electron chi connectivity index (χ1n) is 6.71. The number of rotatable bonds is 5. The predicted octanol–water partition coefficient (Wildman–Crippen LogP) is 3.10. The standard InChI is InChI=1S/C15H19F2N3/c1-4-7-18-15(13-9-19-20(3)10(13)2)12-8-11(16)5-6-14(12)17/h5-6,8-9,15,18H,4,7H2,1-3H3. The number of benzene rings is 1. The van der Waals surface area contributed by atoms with Gasteiger partial charge < -0.3 is 5.32 Å². The summed E-state index contributed by atoms with van der Waals surface area (Å²) in [4.78, 5) is 0. The van der Waals surface area contributed by atoms with E-state index in [4.69, 9.17) is 0 Å². The highest BCUT2D eigenvalue weighted by Crippen LogP contribution is 2.27. The fraction of sp³-hybridized carbons (Fsp3) is 0.400. The maximum atomic E-state index is 14.0. The molecule has 2 aromatic rings. The fourth-order valence-corrected chi connectivity index (χ4v) is 2.21. The van der Waals surface area contributed by atoms with E-state index in [1.54, 1.807) is 10.9 Å². The molecule has 0 spiro atoms. The molecular weight excluding hydrogens is 260 g/mol. The van der Waals surface area contributed by atoms with Gasteiger partial charge >= 0.3 is 0 Å². The van der Waals surface area contributed by atoms with E-state index in [9.17, 15) is 8.78 Å². The minimum atomic E-state index is -0.439. The van der Waals surface area contributed by atoms with Crippen LogP contribution in [0.3, 0.4) is 0 Å². The summed E-state index contributed by atoms with van der Waals surface area (Å²) in [5, 5.41) is 7.45. The van der Waals surface area contributed by atoms with Gasteiger partial charge in [-0.25, -0.2) is 8.78 Å². The minimum absolute atomic E-state index is 0.314. The average molecular weight is 279 g/mol. The number of hydrogen-bond acceptors (Lipinski definition) is 2. The molecule has 0 aliphatic heterocycles. The van der Waals surface area contributed by atoms with Crippen LogP contribution in [-0.4, -0.2) is 16.3 Å². The van der Waals surface area contributed by atoms with Crippen molar-refractivity contribution in [2.45, 2.75) is 26.3 Å². The summed E-state index contributed by atoms with van der Waals surface area (Å²) in [5.41, 5.74) is 2.11. The van der Waals surface area contributed by atoms with Crippen molar-refractivity contribution < 1.29 is 8.78 Å². The van der Waals surface area contributed by atoms with Crippen molar-refractivity contribution in [1.29, 1.82) is 0 Å². The first kappa shape index (κ1) is 14.7. The molecule has 0 aliphatic carbocycles. The second kappa shape index (κ2) is 6.13. The Labute approximate surface area is 117 Å². The van der Waals surface area contributed by atoms with Gasteiger partial charge in [0.2, 0.25) is 0 Å². The zero-order chi connectivity index (χ0) is 14.7. The Bertz CT molecular complexity index is 593. The monoisotopic (exact) mass is 279 g/mol. The van der Waals surface area contributed by atoms with Crippen LogP contribution in [0.2, 0.25) is 0 Å². The number of nitrogens with zero attached hydrogens (tertiary/aromatic N) is 2. The van der Waals surface area contributed by atoms with Gasteiger partial charge in [0.1, 0.15) is 11.6 Å². The van der Waals surface area contributed by atoms with Gasteiger partial charge in [0.25, 0.3) is 0 Å². The molecule has 1 aromatic carbocycles. The van der Waals surface area contributed by atoms with E-state index in [-0.39, 0.29) is 6.04 Å². The smallest absolute Gasteiger partial charge is 0.128 e. The summed E-state index contributed by atoms with van der Waals surface area (Å²) < 4.78 is 29.2. The van der Waals surface area contributed by atoms with E-state index in [0.717, 1.165) is 36.4 Å². The third kappa shape index (κ3) is 2.88. The van der Waals surface area contributed by atoms with E-state index in [2.05, 4.69) is 10.4 Å². The maximum Gasteiger partial charge on any atom is 0.128 e. The largest absolute Gasteiger partial charge is 0.306 e. The number of nitrogens with one attached hydrogen (secondary N) is 1. The lowest BCUT2D eigenvalue weighted by Crippen LogP contribution is -2.24. The number of hydrogen-bond donors (Lipinski definition) is 1. The fourth-order valence-electron chi connectivity index (χ4n) is 2.21. The average Bonchev–Trinajstić information content (AvgIpc) is 2.75. The van der Waals surface area contributed by atoms with Gasteiger partial charge in [0.05, 0.1) is 12.2 Å². The Morgan fingerprint density at radius 3 is 2.65 bits per heavy atom. The van der Waals surface area contributed by atoms with Crippen LogP contribution in [0, 0.1) is 18.6 Å². The van der Waals surface area contributed by atoms with Gasteiger partial charge in [-0.1, -0.05) is 6.92 Å². The van der Waals surface area contributed by atoms with E-state index in [1.165, 1.54) is 6.07 Å². The first-order chi connectivity index (χ1) is 9.54. The Hall–Kier alpha value is -1.75. The Morgan fingerprint density at radius 2 is 2.05 bits per heavy atom. The summed E-state index contributed by atoms with van der Waals surface area (Å²) in [7, 11) is 1.83. The molecule has 0 bridgehead atoms. The number of aromatic nitrogens is 2. The molecule has 1 atom stereocenters. The molecule has 0 radical (unpaired) electrons. The number of halogens is 2. The summed E-state index contributed by atoms with van der Waals surface area (Å²) in [6, 6.07) is 3.15. The summed E-state index contributed by atoms with van der Waals surface area (Å²) in [6.45, 7) is 4.66. The van der Waals surface area contributed by atoms with E-state index >= 15 is 0 Å². The topological polar surface area (TPSA) is 29.9 Å². The zero-order valence-electron chi connectivity index (χ0n) is 12.0. The molecule has 108 valence electrons. The van der Waals surface area contributed by atoms with Crippen LogP contribution in [0.25, 0.3) is 0 Å². The molecule has 0 aliphatic rings. The quantitative estimate of drug-likeness (QED) is 0.911. The molecule has 1 unspecified atom stereocenters. The molecular formula is C15H19F2N3. The Kier molecular flexibility index (Phi) is 4.49. The van der Waals surface area contributed by atoms with E-state index < -0.39 is 11.6 Å². The van der Waals surface area contributed by atoms with Crippen LogP contribution in [0.5, 0.6) is 0 Å². The molecule has 0 amide bonds. The predicted molar refractivity (Wildman–Crippen MR) is 74.4 cm³/mol. The molecule has 0 fully saturated rings. The van der Waals surface area contributed by atoms with E-state index in [1.807, 2.05) is 20.9 Å². The van der Waals surface area contributed by atoms with Crippen molar-refractivity contribution in [2.24, 2.45) is 7.05 Å². The van der Waals surface area contributed by atoms with Gasteiger partial charge in [-0.3, -0.25) is 4.68 Å². The normalized spacial score (nSPS) is 12.7. The van der Waals surface area contributed by atoms with E-state index in [0.29, 0.717) is 5.56 Å². The van der Waals surface area contributed by atoms with Crippen LogP contribution < -0.4 is 5.32 Å². The first-order valence-corrected chi connectivity index (χ1v) is 6.71. The Morgan fingerprint density at radius 1 is 1.30 bits per heavy atom. The Balaban J connectivity index is 2.47. The van der Waals surface area contributed by atoms with Crippen LogP contribution in [0.1, 0.15) is 36.2 Å². The van der Waals surface area contributed by atoms with Crippen LogP contribution in [0.15, 0.2) is 24.4 Å². The highest BCUT2D eigenvalue weighted by molar-refractivity contribution is 5.34. The van der Waals surface area contributed by atoms with Crippen LogP contribution in [0.4, 0.5) is 8.78 Å². The SMILES string of the molecule is CCCNC(c1cc(F)ccc1F)c1cnn(C)c1C. The molecule has 20 heavy (non-hydrogen) atoms. The zero-order valence-corrected chi connectivity index (χ0v) is 12.0. The van der Waals surface area contributed by atoms with Crippen molar-refractivity contribution >= 4 is 0 Å². The number of aryl methyl sites for hydroxylation is 1. The second-order valence-electron chi connectivity index (χ2n) is 4.86. The van der Waals surface area contributed by atoms with Crippen molar-refractivity contribution in [3.8, 4) is 0 Å². The lowest BCUT2D eigenvalue weighted by atomic mass is 9.98. The highest BCUT2D eigenvalue weighted by Gasteiger charge is 2.21. The summed E-state index contributed by atoms with van der Waals surface area (Å²) in [5.74, 6) is -0.852. The minimum Gasteiger partial charge on any atom is -0.306 e. The molecule has 0 saturated heterocycles. The van der Waals surface area contributed by atoms with Gasteiger partial charge in [-0.05, 0) is 38.1 Å². The molecule has 1 heterocycles. The van der Waals surface area contributed by atoms with Crippen LogP contribution in [-0.2, 0) is 7.05 Å². The second-order valence-corrected chi connectivity index (χ2v) is 4.86. The molecule has 5 heteroatoms. The third-order valence-electron chi connectivity index (χ3n) is 3.45. The van der Waals surface area contributed by atoms with Crippen LogP contribution >= 0.6 is 0 Å². The molecule has 2 rings (SSSR count). The van der Waals surface area contributed by atoms with Crippen molar-refractivity contribution in [3.63, 3.8) is 0 Å². The molecule has 3 nitrogen and oxygen atoms in total. The van der Waals surface area contributed by atoms with Gasteiger partial charge in [-0.2, -0.15) is 5.10 Å². The molecule has 1 N–H and O–H groups in total. The van der Waals surface area contributed by atoms with Gasteiger partial charge in [0, 0.05) is 23.9 Å². The summed E-state index contributed by atoms with van der Waals surface area (Å²) >= 11 is 0. The van der Waals surface area contributed by atoms with Gasteiger partial charge in [-0.15, -0.1) is 0 Å². The lowest BCUT2D eigenvalue weighted by molar-refractivity contribution is 0.533. The third-order valence-corrected chi connectivity index (χ3v) is 3.45. The van der Waals surface area contributed by atoms with Crippen molar-refractivity contribution in [2.75, 3.05) is 6.54 Å². The highest BCUT2D eigenvalue weighted by atomic mass is 19.1. The molecule has 1 aromatic heterocycles. The molecule has 0 saturated carbocycles.